The maximum Gasteiger partial charge on any atom is 1.00 e. The van der Waals surface area contributed by atoms with Gasteiger partial charge in [-0.25, -0.2) is 12.1 Å². The van der Waals surface area contributed by atoms with E-state index in [0.717, 1.165) is 6.42 Å². The van der Waals surface area contributed by atoms with Gasteiger partial charge in [0.2, 0.25) is 0 Å². The van der Waals surface area contributed by atoms with E-state index >= 15 is 0 Å². The number of hydrogen-bond acceptors (Lipinski definition) is 0. The summed E-state index contributed by atoms with van der Waals surface area (Å²) in [6, 6.07) is 8.41. The molecule has 1 rings (SSSR count). The van der Waals surface area contributed by atoms with E-state index in [1.54, 1.807) is 0 Å². The van der Waals surface area contributed by atoms with Crippen LogP contribution in [-0.2, 0) is 25.9 Å². The summed E-state index contributed by atoms with van der Waals surface area (Å²) in [5.41, 5.74) is 1.43. The van der Waals surface area contributed by atoms with E-state index in [9.17, 15) is 0 Å². The van der Waals surface area contributed by atoms with Crippen LogP contribution in [0.4, 0.5) is 0 Å². The molecule has 0 fully saturated rings. The van der Waals surface area contributed by atoms with Crippen molar-refractivity contribution in [1.29, 1.82) is 0 Å². The summed E-state index contributed by atoms with van der Waals surface area (Å²) in [6.45, 7) is 2.16. The summed E-state index contributed by atoms with van der Waals surface area (Å²) in [6.07, 6.45) is 1.16. The molecule has 1 aromatic rings. The summed E-state index contributed by atoms with van der Waals surface area (Å²) < 4.78 is 0. The van der Waals surface area contributed by atoms with Gasteiger partial charge in [-0.3, -0.25) is 0 Å². The summed E-state index contributed by atoms with van der Waals surface area (Å²) in [5.74, 6) is 0. The van der Waals surface area contributed by atoms with Crippen molar-refractivity contribution in [2.45, 2.75) is 13.3 Å². The van der Waals surface area contributed by atoms with E-state index in [4.69, 9.17) is 0 Å². The van der Waals surface area contributed by atoms with Crippen LogP contribution >= 0.6 is 0 Å². The Balaban J connectivity index is 0.000000490. The molecule has 8 heavy (non-hydrogen) atoms. The van der Waals surface area contributed by atoms with E-state index in [-0.39, 0.29) is 19.5 Å². The van der Waals surface area contributed by atoms with Gasteiger partial charge in [0.05, 0.1) is 0 Å². The van der Waals surface area contributed by atoms with E-state index in [2.05, 4.69) is 31.2 Å². The van der Waals surface area contributed by atoms with Gasteiger partial charge in [-0.1, -0.05) is 13.3 Å². The van der Waals surface area contributed by atoms with E-state index < -0.39 is 0 Å². The van der Waals surface area contributed by atoms with Crippen LogP contribution in [0.25, 0.3) is 0 Å². The molecule has 0 saturated carbocycles. The second-order valence-corrected chi connectivity index (χ2v) is 1.65. The molecule has 0 N–H and O–H groups in total. The predicted octanol–water partition coefficient (Wildman–Crippen LogP) is 1.97. The minimum Gasteiger partial charge on any atom is -0.213 e. The Morgan fingerprint density at radius 1 is 1.25 bits per heavy atom. The Morgan fingerprint density at radius 3 is 2.00 bits per heavy atom. The molecule has 0 aliphatic rings. The van der Waals surface area contributed by atoms with Gasteiger partial charge in [0, 0.05) is 0 Å². The first-order chi connectivity index (χ1) is 3.43. The standard InChI is InChI=1S/C7H9.Ru/c1-2-7-5-3-4-6-7;/h3-6H,2H2,1H3;/q-1;+1. The largest absolute Gasteiger partial charge is 1.00 e. The SMILES string of the molecule is CC[c-]1cccc1.[Ru+]. The van der Waals surface area contributed by atoms with Crippen molar-refractivity contribution in [3.05, 3.63) is 29.8 Å². The second-order valence-electron chi connectivity index (χ2n) is 1.65. The number of aryl methyl sites for hydroxylation is 1. The van der Waals surface area contributed by atoms with Crippen LogP contribution in [0.5, 0.6) is 0 Å². The normalized spacial score (nSPS) is 8.12. The van der Waals surface area contributed by atoms with Gasteiger partial charge >= 0.3 is 19.5 Å². The Morgan fingerprint density at radius 2 is 1.75 bits per heavy atom. The van der Waals surface area contributed by atoms with Crippen molar-refractivity contribution < 1.29 is 19.5 Å². The van der Waals surface area contributed by atoms with E-state index in [1.165, 1.54) is 5.56 Å². The quantitative estimate of drug-likeness (QED) is 0.473. The van der Waals surface area contributed by atoms with Gasteiger partial charge in [-0.05, 0) is 0 Å². The molecule has 1 heteroatoms. The first-order valence-corrected chi connectivity index (χ1v) is 2.64. The average molecular weight is 194 g/mol. The third-order valence-electron chi connectivity index (χ3n) is 1.14. The summed E-state index contributed by atoms with van der Waals surface area (Å²) in [5, 5.41) is 0. The molecule has 0 unspecified atom stereocenters. The molecule has 1 aromatic carbocycles. The molecule has 0 spiro atoms. The molecule has 0 nitrogen and oxygen atoms in total. The molecule has 0 bridgehead atoms. The molecule has 0 atom stereocenters. The molecular formula is C7H9Ru. The molecule has 0 aromatic heterocycles. The van der Waals surface area contributed by atoms with Crippen LogP contribution in [0.2, 0.25) is 0 Å². The molecule has 45 valence electrons. The zero-order valence-electron chi connectivity index (χ0n) is 4.87. The van der Waals surface area contributed by atoms with Gasteiger partial charge in [0.1, 0.15) is 0 Å². The molecular weight excluding hydrogens is 185 g/mol. The van der Waals surface area contributed by atoms with Crippen molar-refractivity contribution in [2.75, 3.05) is 0 Å². The van der Waals surface area contributed by atoms with Gasteiger partial charge in [0.25, 0.3) is 0 Å². The minimum absolute atomic E-state index is 0. The van der Waals surface area contributed by atoms with Gasteiger partial charge in [0.15, 0.2) is 0 Å². The van der Waals surface area contributed by atoms with Crippen molar-refractivity contribution in [1.82, 2.24) is 0 Å². The minimum atomic E-state index is 0. The molecule has 0 aliphatic heterocycles. The van der Waals surface area contributed by atoms with Crippen LogP contribution in [0.1, 0.15) is 12.5 Å². The van der Waals surface area contributed by atoms with Crippen molar-refractivity contribution >= 4 is 0 Å². The van der Waals surface area contributed by atoms with E-state index in [1.807, 2.05) is 0 Å². The molecule has 0 amide bonds. The topological polar surface area (TPSA) is 0 Å². The van der Waals surface area contributed by atoms with Gasteiger partial charge in [-0.2, -0.15) is 17.7 Å². The second kappa shape index (κ2) is 3.91. The summed E-state index contributed by atoms with van der Waals surface area (Å²) in [7, 11) is 0. The fourth-order valence-corrected chi connectivity index (χ4v) is 0.650. The zero-order chi connectivity index (χ0) is 5.11. The van der Waals surface area contributed by atoms with Gasteiger partial charge in [-0.15, -0.1) is 0 Å². The molecule has 0 heterocycles. The van der Waals surface area contributed by atoms with Crippen LogP contribution in [0.15, 0.2) is 24.3 Å². The van der Waals surface area contributed by atoms with Crippen LogP contribution < -0.4 is 0 Å². The maximum atomic E-state index is 2.16. The summed E-state index contributed by atoms with van der Waals surface area (Å²) >= 11 is 0. The Bertz CT molecular complexity index is 119. The average Bonchev–Trinajstić information content (AvgIpc) is 2.14. The third-order valence-corrected chi connectivity index (χ3v) is 1.14. The summed E-state index contributed by atoms with van der Waals surface area (Å²) in [4.78, 5) is 0. The van der Waals surface area contributed by atoms with Crippen LogP contribution in [-0.4, -0.2) is 0 Å². The molecule has 0 saturated heterocycles. The smallest absolute Gasteiger partial charge is 0.213 e. The number of rotatable bonds is 1. The Labute approximate surface area is 63.0 Å². The molecule has 1 radical (unpaired) electrons. The first-order valence-electron chi connectivity index (χ1n) is 2.64. The number of hydrogen-bond donors (Lipinski definition) is 0. The van der Waals surface area contributed by atoms with Crippen molar-refractivity contribution in [2.24, 2.45) is 0 Å². The fraction of sp³-hybridized carbons (Fsp3) is 0.286. The predicted molar refractivity (Wildman–Crippen MR) is 31.4 cm³/mol. The Kier molecular flexibility index (Phi) is 3.90. The van der Waals surface area contributed by atoms with Crippen LogP contribution in [0.3, 0.4) is 0 Å². The first kappa shape index (κ1) is 7.97. The Hall–Kier alpha value is -0.0266. The van der Waals surface area contributed by atoms with Crippen molar-refractivity contribution in [3.8, 4) is 0 Å². The monoisotopic (exact) mass is 195 g/mol. The maximum absolute atomic E-state index is 2.16. The van der Waals surface area contributed by atoms with Gasteiger partial charge < -0.3 is 0 Å². The zero-order valence-corrected chi connectivity index (χ0v) is 6.61. The van der Waals surface area contributed by atoms with Crippen LogP contribution in [0, 0.1) is 0 Å². The molecule has 0 aliphatic carbocycles. The van der Waals surface area contributed by atoms with E-state index in [0.29, 0.717) is 0 Å². The third kappa shape index (κ3) is 1.83. The van der Waals surface area contributed by atoms with Crippen molar-refractivity contribution in [3.63, 3.8) is 0 Å². The fourth-order valence-electron chi connectivity index (χ4n) is 0.650.